The highest BCUT2D eigenvalue weighted by Gasteiger charge is 2.07. The first-order valence-electron chi connectivity index (χ1n) is 4.81. The Balaban J connectivity index is 2.09. The zero-order valence-electron chi connectivity index (χ0n) is 8.41. The number of anilines is 1. The van der Waals surface area contributed by atoms with E-state index in [-0.39, 0.29) is 6.04 Å². The van der Waals surface area contributed by atoms with Crippen molar-refractivity contribution < 1.29 is 4.42 Å². The molecule has 1 heterocycles. The normalized spacial score (nSPS) is 12.4. The maximum Gasteiger partial charge on any atom is 0.125 e. The van der Waals surface area contributed by atoms with Crippen molar-refractivity contribution in [3.05, 3.63) is 52.0 Å². The summed E-state index contributed by atoms with van der Waals surface area (Å²) < 4.78 is 6.56. The van der Waals surface area contributed by atoms with Crippen molar-refractivity contribution in [1.29, 1.82) is 0 Å². The van der Waals surface area contributed by atoms with Gasteiger partial charge in [-0.3, -0.25) is 0 Å². The maximum atomic E-state index is 5.33. The lowest BCUT2D eigenvalue weighted by Gasteiger charge is -2.12. The Hall–Kier alpha value is -0.970. The minimum absolute atomic E-state index is 0.193. The SMILES string of the molecule is C[C@H](Nc1cccc(I)c1)c1ccco1. The van der Waals surface area contributed by atoms with Gasteiger partial charge in [0.25, 0.3) is 0 Å². The predicted molar refractivity (Wildman–Crippen MR) is 69.9 cm³/mol. The van der Waals surface area contributed by atoms with Crippen molar-refractivity contribution in [2.24, 2.45) is 0 Å². The van der Waals surface area contributed by atoms with Gasteiger partial charge >= 0.3 is 0 Å². The molecule has 0 aliphatic heterocycles. The van der Waals surface area contributed by atoms with Crippen LogP contribution >= 0.6 is 22.6 Å². The van der Waals surface area contributed by atoms with Gasteiger partial charge in [0.1, 0.15) is 5.76 Å². The molecular formula is C12H12INO. The van der Waals surface area contributed by atoms with Crippen LogP contribution in [0, 0.1) is 3.57 Å². The van der Waals surface area contributed by atoms with Crippen molar-refractivity contribution in [1.82, 2.24) is 0 Å². The second kappa shape index (κ2) is 4.70. The Kier molecular flexibility index (Phi) is 3.30. The van der Waals surface area contributed by atoms with Crippen LogP contribution in [0.5, 0.6) is 0 Å². The van der Waals surface area contributed by atoms with Crippen molar-refractivity contribution in [3.8, 4) is 0 Å². The molecule has 0 spiro atoms. The molecule has 0 saturated carbocycles. The zero-order valence-corrected chi connectivity index (χ0v) is 10.6. The van der Waals surface area contributed by atoms with Gasteiger partial charge in [0.05, 0.1) is 12.3 Å². The van der Waals surface area contributed by atoms with E-state index in [0.29, 0.717) is 0 Å². The van der Waals surface area contributed by atoms with Gasteiger partial charge < -0.3 is 9.73 Å². The van der Waals surface area contributed by atoms with Gasteiger partial charge in [-0.1, -0.05) is 6.07 Å². The van der Waals surface area contributed by atoms with E-state index in [4.69, 9.17) is 4.42 Å². The van der Waals surface area contributed by atoms with Crippen LogP contribution in [0.3, 0.4) is 0 Å². The van der Waals surface area contributed by atoms with Crippen LogP contribution in [0.2, 0.25) is 0 Å². The summed E-state index contributed by atoms with van der Waals surface area (Å²) in [4.78, 5) is 0. The number of nitrogens with one attached hydrogen (secondary N) is 1. The van der Waals surface area contributed by atoms with Crippen molar-refractivity contribution in [3.63, 3.8) is 0 Å². The summed E-state index contributed by atoms with van der Waals surface area (Å²) in [5.74, 6) is 0.953. The van der Waals surface area contributed by atoms with Crippen LogP contribution in [-0.4, -0.2) is 0 Å². The van der Waals surface area contributed by atoms with E-state index in [1.54, 1.807) is 6.26 Å². The lowest BCUT2D eigenvalue weighted by atomic mass is 10.2. The van der Waals surface area contributed by atoms with E-state index in [1.165, 1.54) is 3.57 Å². The Morgan fingerprint density at radius 2 is 2.13 bits per heavy atom. The highest BCUT2D eigenvalue weighted by molar-refractivity contribution is 14.1. The molecule has 0 aliphatic carbocycles. The van der Waals surface area contributed by atoms with Crippen LogP contribution < -0.4 is 5.32 Å². The third-order valence-corrected chi connectivity index (χ3v) is 2.85. The molecule has 2 rings (SSSR count). The standard InChI is InChI=1S/C12H12INO/c1-9(12-6-3-7-15-12)14-11-5-2-4-10(13)8-11/h2-9,14H,1H3/t9-/m0/s1. The lowest BCUT2D eigenvalue weighted by Crippen LogP contribution is -2.05. The van der Waals surface area contributed by atoms with Gasteiger partial charge in [-0.25, -0.2) is 0 Å². The van der Waals surface area contributed by atoms with E-state index in [0.717, 1.165) is 11.4 Å². The fraction of sp³-hybridized carbons (Fsp3) is 0.167. The molecule has 0 radical (unpaired) electrons. The van der Waals surface area contributed by atoms with E-state index in [1.807, 2.05) is 18.2 Å². The number of hydrogen-bond acceptors (Lipinski definition) is 2. The molecule has 1 N–H and O–H groups in total. The van der Waals surface area contributed by atoms with Crippen LogP contribution in [0.15, 0.2) is 47.1 Å². The number of furan rings is 1. The summed E-state index contributed by atoms with van der Waals surface area (Å²) in [5.41, 5.74) is 1.12. The number of halogens is 1. The molecule has 0 bridgehead atoms. The summed E-state index contributed by atoms with van der Waals surface area (Å²) in [6.45, 7) is 2.08. The first-order valence-corrected chi connectivity index (χ1v) is 5.89. The van der Waals surface area contributed by atoms with E-state index < -0.39 is 0 Å². The predicted octanol–water partition coefficient (Wildman–Crippen LogP) is 4.06. The van der Waals surface area contributed by atoms with Crippen LogP contribution in [0.1, 0.15) is 18.7 Å². The summed E-state index contributed by atoms with van der Waals surface area (Å²) in [6.07, 6.45) is 1.70. The van der Waals surface area contributed by atoms with Gasteiger partial charge in [-0.2, -0.15) is 0 Å². The molecule has 15 heavy (non-hydrogen) atoms. The Bertz CT molecular complexity index is 425. The molecule has 0 aliphatic rings. The number of benzene rings is 1. The monoisotopic (exact) mass is 313 g/mol. The molecule has 78 valence electrons. The minimum Gasteiger partial charge on any atom is -0.467 e. The third kappa shape index (κ3) is 2.75. The lowest BCUT2D eigenvalue weighted by molar-refractivity contribution is 0.490. The van der Waals surface area contributed by atoms with Crippen LogP contribution in [-0.2, 0) is 0 Å². The largest absolute Gasteiger partial charge is 0.467 e. The molecule has 2 nitrogen and oxygen atoms in total. The van der Waals surface area contributed by atoms with Gasteiger partial charge in [0.15, 0.2) is 0 Å². The Morgan fingerprint density at radius 1 is 1.27 bits per heavy atom. The van der Waals surface area contributed by atoms with Gasteiger partial charge in [0, 0.05) is 9.26 Å². The van der Waals surface area contributed by atoms with Gasteiger partial charge in [-0.05, 0) is 59.8 Å². The van der Waals surface area contributed by atoms with Crippen LogP contribution in [0.25, 0.3) is 0 Å². The average Bonchev–Trinajstić information content (AvgIpc) is 2.70. The highest BCUT2D eigenvalue weighted by atomic mass is 127. The molecule has 0 unspecified atom stereocenters. The molecule has 3 heteroatoms. The summed E-state index contributed by atoms with van der Waals surface area (Å²) >= 11 is 2.30. The molecule has 0 saturated heterocycles. The number of rotatable bonds is 3. The highest BCUT2D eigenvalue weighted by Crippen LogP contribution is 2.20. The molecular weight excluding hydrogens is 301 g/mol. The Labute approximate surface area is 103 Å². The van der Waals surface area contributed by atoms with Crippen molar-refractivity contribution in [2.75, 3.05) is 5.32 Å². The van der Waals surface area contributed by atoms with E-state index in [2.05, 4.69) is 53.0 Å². The second-order valence-electron chi connectivity index (χ2n) is 3.39. The van der Waals surface area contributed by atoms with Crippen molar-refractivity contribution >= 4 is 28.3 Å². The molecule has 1 atom stereocenters. The first kappa shape index (κ1) is 10.5. The minimum atomic E-state index is 0.193. The smallest absolute Gasteiger partial charge is 0.125 e. The molecule has 1 aromatic carbocycles. The fourth-order valence-electron chi connectivity index (χ4n) is 1.44. The summed E-state index contributed by atoms with van der Waals surface area (Å²) in [5, 5.41) is 3.39. The summed E-state index contributed by atoms with van der Waals surface area (Å²) in [7, 11) is 0. The van der Waals surface area contributed by atoms with E-state index >= 15 is 0 Å². The first-order chi connectivity index (χ1) is 7.25. The van der Waals surface area contributed by atoms with Gasteiger partial charge in [0.2, 0.25) is 0 Å². The molecule has 0 fully saturated rings. The zero-order chi connectivity index (χ0) is 10.7. The third-order valence-electron chi connectivity index (χ3n) is 2.18. The Morgan fingerprint density at radius 3 is 2.80 bits per heavy atom. The van der Waals surface area contributed by atoms with Crippen molar-refractivity contribution in [2.45, 2.75) is 13.0 Å². The molecule has 1 aromatic heterocycles. The maximum absolute atomic E-state index is 5.33. The summed E-state index contributed by atoms with van der Waals surface area (Å²) in [6, 6.07) is 12.4. The van der Waals surface area contributed by atoms with Crippen LogP contribution in [0.4, 0.5) is 5.69 Å². The average molecular weight is 313 g/mol. The van der Waals surface area contributed by atoms with E-state index in [9.17, 15) is 0 Å². The fourth-order valence-corrected chi connectivity index (χ4v) is 1.98. The molecule has 2 aromatic rings. The van der Waals surface area contributed by atoms with Gasteiger partial charge in [-0.15, -0.1) is 0 Å². The second-order valence-corrected chi connectivity index (χ2v) is 4.64. The topological polar surface area (TPSA) is 25.2 Å². The molecule has 0 amide bonds. The quantitative estimate of drug-likeness (QED) is 0.865. The number of hydrogen-bond donors (Lipinski definition) is 1.